The molecule has 0 fully saturated rings. The third kappa shape index (κ3) is 5.21. The highest BCUT2D eigenvalue weighted by atomic mass is 32.2. The Hall–Kier alpha value is -3.17. The third-order valence-corrected chi connectivity index (χ3v) is 5.53. The molecular weight excluding hydrogens is 390 g/mol. The minimum absolute atomic E-state index is 0.225. The zero-order chi connectivity index (χ0) is 20.8. The smallest absolute Gasteiger partial charge is 0.252 e. The molecule has 0 bridgehead atoms. The average molecular weight is 408 g/mol. The fraction of sp³-hybridized carbons (Fsp3) is 0.130. The summed E-state index contributed by atoms with van der Waals surface area (Å²) in [6, 6.07) is 19.2. The van der Waals surface area contributed by atoms with Crippen LogP contribution in [0.25, 0.3) is 0 Å². The lowest BCUT2D eigenvalue weighted by molar-refractivity contribution is 0.0936. The van der Waals surface area contributed by atoms with Gasteiger partial charge in [-0.1, -0.05) is 30.3 Å². The van der Waals surface area contributed by atoms with Gasteiger partial charge in [0.1, 0.15) is 11.6 Å². The van der Waals surface area contributed by atoms with Gasteiger partial charge in [0.25, 0.3) is 5.91 Å². The van der Waals surface area contributed by atoms with Crippen LogP contribution in [-0.2, 0) is 5.75 Å². The summed E-state index contributed by atoms with van der Waals surface area (Å²) in [7, 11) is 0. The number of carbonyl (C=O) groups excluding carboxylic acids is 1. The minimum Gasteiger partial charge on any atom is -0.345 e. The second-order valence-electron chi connectivity index (χ2n) is 6.45. The number of nitrogens with one attached hydrogen (secondary N) is 1. The van der Waals surface area contributed by atoms with Crippen LogP contribution in [0.4, 0.5) is 8.78 Å². The molecule has 3 rings (SSSR count). The molecule has 0 saturated carbocycles. The van der Waals surface area contributed by atoms with Crippen LogP contribution in [0.5, 0.6) is 0 Å². The summed E-state index contributed by atoms with van der Waals surface area (Å²) in [4.78, 5) is 13.6. The van der Waals surface area contributed by atoms with E-state index in [1.54, 1.807) is 31.2 Å². The Balaban J connectivity index is 1.71. The molecule has 0 aromatic heterocycles. The van der Waals surface area contributed by atoms with Crippen molar-refractivity contribution in [1.82, 2.24) is 5.32 Å². The van der Waals surface area contributed by atoms with Crippen molar-refractivity contribution in [2.75, 3.05) is 0 Å². The van der Waals surface area contributed by atoms with Crippen LogP contribution in [0, 0.1) is 23.0 Å². The monoisotopic (exact) mass is 408 g/mol. The van der Waals surface area contributed by atoms with Crippen molar-refractivity contribution in [3.05, 3.63) is 101 Å². The van der Waals surface area contributed by atoms with Crippen LogP contribution >= 0.6 is 11.8 Å². The van der Waals surface area contributed by atoms with Crippen LogP contribution in [-0.4, -0.2) is 5.91 Å². The van der Waals surface area contributed by atoms with Crippen molar-refractivity contribution >= 4 is 17.7 Å². The Morgan fingerprint density at radius 3 is 2.52 bits per heavy atom. The molecule has 3 aromatic rings. The summed E-state index contributed by atoms with van der Waals surface area (Å²) >= 11 is 1.50. The highest BCUT2D eigenvalue weighted by molar-refractivity contribution is 7.98. The van der Waals surface area contributed by atoms with Crippen LogP contribution in [0.3, 0.4) is 0 Å². The van der Waals surface area contributed by atoms with Crippen molar-refractivity contribution in [3.8, 4) is 6.07 Å². The predicted octanol–water partition coefficient (Wildman–Crippen LogP) is 5.62. The second-order valence-corrected chi connectivity index (χ2v) is 7.47. The summed E-state index contributed by atoms with van der Waals surface area (Å²) < 4.78 is 27.1. The molecule has 3 nitrogen and oxygen atoms in total. The third-order valence-electron chi connectivity index (χ3n) is 4.39. The first-order chi connectivity index (χ1) is 14.0. The lowest BCUT2D eigenvalue weighted by Crippen LogP contribution is -2.27. The molecule has 0 aliphatic rings. The van der Waals surface area contributed by atoms with Gasteiger partial charge in [0.15, 0.2) is 0 Å². The molecule has 6 heteroatoms. The first kappa shape index (κ1) is 20.6. The first-order valence-electron chi connectivity index (χ1n) is 8.94. The molecule has 1 atom stereocenters. The second kappa shape index (κ2) is 9.35. The van der Waals surface area contributed by atoms with Crippen molar-refractivity contribution in [1.29, 1.82) is 5.26 Å². The van der Waals surface area contributed by atoms with E-state index in [4.69, 9.17) is 5.26 Å². The number of carbonyl (C=O) groups is 1. The molecule has 0 heterocycles. The number of hydrogen-bond donors (Lipinski definition) is 1. The molecule has 0 saturated heterocycles. The molecule has 1 amide bonds. The molecule has 146 valence electrons. The summed E-state index contributed by atoms with van der Waals surface area (Å²) in [5.74, 6) is -1.04. The van der Waals surface area contributed by atoms with Gasteiger partial charge in [-0.2, -0.15) is 5.26 Å². The Morgan fingerprint density at radius 1 is 1.10 bits per heavy atom. The van der Waals surface area contributed by atoms with Gasteiger partial charge in [-0.15, -0.1) is 11.8 Å². The van der Waals surface area contributed by atoms with Gasteiger partial charge in [0.2, 0.25) is 0 Å². The van der Waals surface area contributed by atoms with Crippen LogP contribution in [0.2, 0.25) is 0 Å². The van der Waals surface area contributed by atoms with E-state index < -0.39 is 17.7 Å². The lowest BCUT2D eigenvalue weighted by atomic mass is 10.1. The number of amides is 1. The molecule has 0 spiro atoms. The van der Waals surface area contributed by atoms with Crippen molar-refractivity contribution < 1.29 is 13.6 Å². The quantitative estimate of drug-likeness (QED) is 0.539. The number of hydrogen-bond acceptors (Lipinski definition) is 3. The fourth-order valence-corrected chi connectivity index (χ4v) is 3.83. The maximum atomic E-state index is 14.0. The Morgan fingerprint density at radius 2 is 1.83 bits per heavy atom. The summed E-state index contributed by atoms with van der Waals surface area (Å²) in [5.41, 5.74) is 2.34. The summed E-state index contributed by atoms with van der Waals surface area (Å²) in [5, 5.41) is 11.7. The van der Waals surface area contributed by atoms with E-state index in [1.807, 2.05) is 24.3 Å². The maximum absolute atomic E-state index is 14.0. The maximum Gasteiger partial charge on any atom is 0.252 e. The standard InChI is InChI=1S/C23H18F2N2OS/c1-15(19-11-10-18(24)12-21(19)25)27-23(28)20-4-2-3-5-22(20)29-14-17-8-6-16(13-26)7-9-17/h2-12,15H,14H2,1H3,(H,27,28)/t15-/m1/s1. The van der Waals surface area contributed by atoms with Gasteiger partial charge >= 0.3 is 0 Å². The lowest BCUT2D eigenvalue weighted by Gasteiger charge is -2.16. The number of rotatable bonds is 6. The Labute approximate surface area is 172 Å². The average Bonchev–Trinajstić information content (AvgIpc) is 2.72. The molecule has 0 aliphatic carbocycles. The molecule has 0 aliphatic heterocycles. The van der Waals surface area contributed by atoms with E-state index in [0.717, 1.165) is 16.5 Å². The van der Waals surface area contributed by atoms with Gasteiger partial charge < -0.3 is 5.32 Å². The molecule has 29 heavy (non-hydrogen) atoms. The SMILES string of the molecule is C[C@@H](NC(=O)c1ccccc1SCc1ccc(C#N)cc1)c1ccc(F)cc1F. The van der Waals surface area contributed by atoms with Crippen molar-refractivity contribution in [3.63, 3.8) is 0 Å². The number of nitrogens with zero attached hydrogens (tertiary/aromatic N) is 1. The molecule has 1 N–H and O–H groups in total. The van der Waals surface area contributed by atoms with Gasteiger partial charge in [-0.05, 0) is 42.8 Å². The fourth-order valence-electron chi connectivity index (χ4n) is 2.82. The van der Waals surface area contributed by atoms with Crippen LogP contribution < -0.4 is 5.32 Å². The zero-order valence-electron chi connectivity index (χ0n) is 15.7. The normalized spacial score (nSPS) is 11.5. The number of halogens is 2. The van der Waals surface area contributed by atoms with E-state index in [-0.39, 0.29) is 11.5 Å². The largest absolute Gasteiger partial charge is 0.345 e. The summed E-state index contributed by atoms with van der Waals surface area (Å²) in [6.07, 6.45) is 0. The van der Waals surface area contributed by atoms with E-state index in [2.05, 4.69) is 11.4 Å². The predicted molar refractivity (Wildman–Crippen MR) is 109 cm³/mol. The van der Waals surface area contributed by atoms with E-state index in [9.17, 15) is 13.6 Å². The van der Waals surface area contributed by atoms with Crippen LogP contribution in [0.1, 0.15) is 40.0 Å². The van der Waals surface area contributed by atoms with Gasteiger partial charge in [-0.25, -0.2) is 8.78 Å². The Kier molecular flexibility index (Phi) is 6.63. The molecular formula is C23H18F2N2OS. The van der Waals surface area contributed by atoms with Gasteiger partial charge in [0.05, 0.1) is 23.2 Å². The number of thioether (sulfide) groups is 1. The highest BCUT2D eigenvalue weighted by Gasteiger charge is 2.17. The van der Waals surface area contributed by atoms with Gasteiger partial charge in [-0.3, -0.25) is 4.79 Å². The van der Waals surface area contributed by atoms with Crippen molar-refractivity contribution in [2.45, 2.75) is 23.6 Å². The first-order valence-corrected chi connectivity index (χ1v) is 9.93. The minimum atomic E-state index is -0.693. The zero-order valence-corrected chi connectivity index (χ0v) is 16.5. The van der Waals surface area contributed by atoms with Crippen LogP contribution in [0.15, 0.2) is 71.6 Å². The molecule has 0 radical (unpaired) electrons. The molecule has 3 aromatic carbocycles. The number of benzene rings is 3. The molecule has 0 unspecified atom stereocenters. The topological polar surface area (TPSA) is 52.9 Å². The Bertz CT molecular complexity index is 1060. The number of nitriles is 1. The highest BCUT2D eigenvalue weighted by Crippen LogP contribution is 2.27. The van der Waals surface area contributed by atoms with E-state index >= 15 is 0 Å². The van der Waals surface area contributed by atoms with E-state index in [0.29, 0.717) is 16.9 Å². The summed E-state index contributed by atoms with van der Waals surface area (Å²) in [6.45, 7) is 1.65. The van der Waals surface area contributed by atoms with E-state index in [1.165, 1.54) is 23.9 Å². The van der Waals surface area contributed by atoms with Crippen molar-refractivity contribution in [2.24, 2.45) is 0 Å². The van der Waals surface area contributed by atoms with Gasteiger partial charge in [0, 0.05) is 22.3 Å².